The summed E-state index contributed by atoms with van der Waals surface area (Å²) in [7, 11) is 2.03. The molecule has 18 heavy (non-hydrogen) atoms. The summed E-state index contributed by atoms with van der Waals surface area (Å²) in [4.78, 5) is 2.13. The number of rotatable bonds is 3. The van der Waals surface area contributed by atoms with Crippen LogP contribution < -0.4 is 4.90 Å². The summed E-state index contributed by atoms with van der Waals surface area (Å²) in [5.41, 5.74) is 0.817. The van der Waals surface area contributed by atoms with Gasteiger partial charge in [-0.05, 0) is 36.8 Å². The number of fused-ring (bicyclic) bond motifs is 1. The quantitative estimate of drug-likeness (QED) is 0.812. The topological polar surface area (TPSA) is 27.0 Å². The van der Waals surface area contributed by atoms with E-state index in [-0.39, 0.29) is 5.41 Å². The summed E-state index contributed by atoms with van der Waals surface area (Å²) >= 11 is 0. The largest absolute Gasteiger partial charge is 0.373 e. The lowest BCUT2D eigenvalue weighted by Crippen LogP contribution is -2.30. The lowest BCUT2D eigenvalue weighted by Gasteiger charge is -2.26. The minimum Gasteiger partial charge on any atom is -0.373 e. The van der Waals surface area contributed by atoms with Crippen molar-refractivity contribution in [1.82, 2.24) is 0 Å². The van der Waals surface area contributed by atoms with Crippen LogP contribution in [0.2, 0.25) is 0 Å². The Bertz CT molecular complexity index is 593. The van der Waals surface area contributed by atoms with Crippen LogP contribution in [0.3, 0.4) is 0 Å². The Morgan fingerprint density at radius 1 is 1.11 bits per heavy atom. The van der Waals surface area contributed by atoms with Crippen molar-refractivity contribution in [3.63, 3.8) is 0 Å². The van der Waals surface area contributed by atoms with Crippen LogP contribution >= 0.6 is 0 Å². The Morgan fingerprint density at radius 3 is 2.44 bits per heavy atom. The second-order valence-corrected chi connectivity index (χ2v) is 5.38. The lowest BCUT2D eigenvalue weighted by molar-refractivity contribution is 0.497. The third-order valence-corrected chi connectivity index (χ3v) is 3.11. The first-order valence-electron chi connectivity index (χ1n) is 6.13. The molecular formula is C16H18N2. The van der Waals surface area contributed by atoms with Crippen molar-refractivity contribution in [1.29, 1.82) is 5.26 Å². The highest BCUT2D eigenvalue weighted by molar-refractivity contribution is 5.85. The standard InChI is InChI=1S/C16H18N2/c1-16(2,11-17)12-18(3)15-9-8-13-6-4-5-7-14(13)10-15/h4-10H,12H2,1-3H3. The molecule has 0 N–H and O–H groups in total. The summed E-state index contributed by atoms with van der Waals surface area (Å²) in [6.45, 7) is 4.65. The van der Waals surface area contributed by atoms with Gasteiger partial charge in [0.25, 0.3) is 0 Å². The molecule has 0 spiro atoms. The van der Waals surface area contributed by atoms with Crippen LogP contribution in [0.4, 0.5) is 5.69 Å². The van der Waals surface area contributed by atoms with Gasteiger partial charge in [-0.1, -0.05) is 30.3 Å². The SMILES string of the molecule is CN(CC(C)(C)C#N)c1ccc2ccccc2c1. The fourth-order valence-corrected chi connectivity index (χ4v) is 2.13. The summed E-state index contributed by atoms with van der Waals surface area (Å²) in [6.07, 6.45) is 0. The molecule has 0 radical (unpaired) electrons. The molecule has 0 amide bonds. The van der Waals surface area contributed by atoms with Crippen molar-refractivity contribution >= 4 is 16.5 Å². The second kappa shape index (κ2) is 4.70. The maximum Gasteiger partial charge on any atom is 0.0702 e. The van der Waals surface area contributed by atoms with Gasteiger partial charge in [0.2, 0.25) is 0 Å². The molecule has 0 atom stereocenters. The van der Waals surface area contributed by atoms with E-state index in [9.17, 15) is 0 Å². The molecule has 0 saturated carbocycles. The lowest BCUT2D eigenvalue weighted by atomic mass is 9.95. The Kier molecular flexibility index (Phi) is 3.25. The minimum absolute atomic E-state index is 0.333. The van der Waals surface area contributed by atoms with Crippen molar-refractivity contribution < 1.29 is 0 Å². The van der Waals surface area contributed by atoms with Gasteiger partial charge in [0.15, 0.2) is 0 Å². The smallest absolute Gasteiger partial charge is 0.0702 e. The van der Waals surface area contributed by atoms with E-state index < -0.39 is 0 Å². The van der Waals surface area contributed by atoms with E-state index in [1.807, 2.05) is 33.0 Å². The molecule has 2 rings (SSSR count). The third kappa shape index (κ3) is 2.62. The number of nitrogens with zero attached hydrogens (tertiary/aromatic N) is 2. The normalized spacial score (nSPS) is 11.2. The van der Waals surface area contributed by atoms with Gasteiger partial charge < -0.3 is 4.90 Å². The molecule has 92 valence electrons. The molecule has 2 aromatic rings. The van der Waals surface area contributed by atoms with Gasteiger partial charge in [0.05, 0.1) is 11.5 Å². The molecular weight excluding hydrogens is 220 g/mol. The molecule has 0 aliphatic rings. The number of nitriles is 1. The van der Waals surface area contributed by atoms with Gasteiger partial charge in [-0.2, -0.15) is 5.26 Å². The molecule has 0 heterocycles. The van der Waals surface area contributed by atoms with Crippen LogP contribution in [0.1, 0.15) is 13.8 Å². The molecule has 0 bridgehead atoms. The first-order valence-corrected chi connectivity index (χ1v) is 6.13. The van der Waals surface area contributed by atoms with Gasteiger partial charge in [-0.15, -0.1) is 0 Å². The number of benzene rings is 2. The average Bonchev–Trinajstić information content (AvgIpc) is 2.37. The summed E-state index contributed by atoms with van der Waals surface area (Å²) in [6, 6.07) is 17.1. The predicted octanol–water partition coefficient (Wildman–Crippen LogP) is 3.83. The highest BCUT2D eigenvalue weighted by Gasteiger charge is 2.19. The molecule has 2 nitrogen and oxygen atoms in total. The summed E-state index contributed by atoms with van der Waals surface area (Å²) < 4.78 is 0. The molecule has 0 aromatic heterocycles. The van der Waals surface area contributed by atoms with Crippen molar-refractivity contribution in [3.8, 4) is 6.07 Å². The fourth-order valence-electron chi connectivity index (χ4n) is 2.13. The van der Waals surface area contributed by atoms with E-state index in [4.69, 9.17) is 5.26 Å². The third-order valence-electron chi connectivity index (χ3n) is 3.11. The number of anilines is 1. The van der Waals surface area contributed by atoms with Crippen molar-refractivity contribution in [2.45, 2.75) is 13.8 Å². The molecule has 0 saturated heterocycles. The Labute approximate surface area is 108 Å². The van der Waals surface area contributed by atoms with Gasteiger partial charge in [-0.3, -0.25) is 0 Å². The average molecular weight is 238 g/mol. The van der Waals surface area contributed by atoms with E-state index >= 15 is 0 Å². The van der Waals surface area contributed by atoms with Crippen LogP contribution in [-0.4, -0.2) is 13.6 Å². The van der Waals surface area contributed by atoms with Crippen molar-refractivity contribution in [3.05, 3.63) is 42.5 Å². The van der Waals surface area contributed by atoms with Gasteiger partial charge in [-0.25, -0.2) is 0 Å². The maximum absolute atomic E-state index is 9.08. The van der Waals surface area contributed by atoms with E-state index in [0.717, 1.165) is 12.2 Å². The van der Waals surface area contributed by atoms with Gasteiger partial charge in [0.1, 0.15) is 0 Å². The van der Waals surface area contributed by atoms with Crippen LogP contribution in [0, 0.1) is 16.7 Å². The molecule has 2 heteroatoms. The summed E-state index contributed by atoms with van der Waals surface area (Å²) in [5.74, 6) is 0. The Morgan fingerprint density at radius 2 is 1.78 bits per heavy atom. The highest BCUT2D eigenvalue weighted by Crippen LogP contribution is 2.24. The van der Waals surface area contributed by atoms with Gasteiger partial charge >= 0.3 is 0 Å². The monoisotopic (exact) mass is 238 g/mol. The zero-order valence-electron chi connectivity index (χ0n) is 11.1. The molecule has 0 fully saturated rings. The molecule has 2 aromatic carbocycles. The first kappa shape index (κ1) is 12.4. The zero-order valence-corrected chi connectivity index (χ0v) is 11.1. The van der Waals surface area contributed by atoms with Crippen molar-refractivity contribution in [2.24, 2.45) is 5.41 Å². The van der Waals surface area contributed by atoms with Crippen molar-refractivity contribution in [2.75, 3.05) is 18.5 Å². The Balaban J connectivity index is 2.29. The minimum atomic E-state index is -0.333. The van der Waals surface area contributed by atoms with E-state index in [1.165, 1.54) is 10.8 Å². The van der Waals surface area contributed by atoms with Crippen LogP contribution in [0.15, 0.2) is 42.5 Å². The van der Waals surface area contributed by atoms with Crippen LogP contribution in [0.5, 0.6) is 0 Å². The van der Waals surface area contributed by atoms with E-state index in [2.05, 4.69) is 41.3 Å². The number of hydrogen-bond donors (Lipinski definition) is 0. The first-order chi connectivity index (χ1) is 8.52. The van der Waals surface area contributed by atoms with E-state index in [0.29, 0.717) is 0 Å². The summed E-state index contributed by atoms with van der Waals surface area (Å²) in [5, 5.41) is 11.6. The molecule has 0 aliphatic heterocycles. The zero-order chi connectivity index (χ0) is 13.2. The highest BCUT2D eigenvalue weighted by atomic mass is 15.1. The maximum atomic E-state index is 9.08. The number of hydrogen-bond acceptors (Lipinski definition) is 2. The van der Waals surface area contributed by atoms with Crippen LogP contribution in [-0.2, 0) is 0 Å². The van der Waals surface area contributed by atoms with Gasteiger partial charge in [0, 0.05) is 19.3 Å². The van der Waals surface area contributed by atoms with Crippen LogP contribution in [0.25, 0.3) is 10.8 Å². The molecule has 0 aliphatic carbocycles. The predicted molar refractivity (Wildman–Crippen MR) is 76.6 cm³/mol. The Hall–Kier alpha value is -2.01. The fraction of sp³-hybridized carbons (Fsp3) is 0.312. The molecule has 0 unspecified atom stereocenters. The second-order valence-electron chi connectivity index (χ2n) is 5.38. The van der Waals surface area contributed by atoms with E-state index in [1.54, 1.807) is 0 Å².